The summed E-state index contributed by atoms with van der Waals surface area (Å²) in [5.41, 5.74) is 6.33. The molecule has 2 heterocycles. The van der Waals surface area contributed by atoms with Crippen molar-refractivity contribution >= 4 is 16.9 Å². The van der Waals surface area contributed by atoms with Gasteiger partial charge in [0, 0.05) is 23.7 Å². The lowest BCUT2D eigenvalue weighted by Gasteiger charge is -2.17. The van der Waals surface area contributed by atoms with Gasteiger partial charge in [0.15, 0.2) is 5.76 Å². The molecule has 4 rings (SSSR count). The number of nitrogens with zero attached hydrogens (tertiary/aromatic N) is 2. The van der Waals surface area contributed by atoms with E-state index in [0.29, 0.717) is 12.3 Å². The van der Waals surface area contributed by atoms with Gasteiger partial charge in [0.05, 0.1) is 12.2 Å². The molecule has 0 fully saturated rings. The first-order chi connectivity index (χ1) is 12.0. The number of aromatic nitrogens is 2. The van der Waals surface area contributed by atoms with Crippen LogP contribution in [0.15, 0.2) is 22.6 Å². The van der Waals surface area contributed by atoms with Crippen molar-refractivity contribution in [3.8, 4) is 0 Å². The highest BCUT2D eigenvalue weighted by Crippen LogP contribution is 2.28. The number of rotatable bonds is 3. The Bertz CT molecular complexity index is 951. The van der Waals surface area contributed by atoms with Gasteiger partial charge >= 0.3 is 0 Å². The Labute approximate surface area is 147 Å². The summed E-state index contributed by atoms with van der Waals surface area (Å²) < 4.78 is 5.85. The van der Waals surface area contributed by atoms with Crippen LogP contribution in [0.1, 0.15) is 51.5 Å². The van der Waals surface area contributed by atoms with Gasteiger partial charge in [-0.2, -0.15) is 5.10 Å². The third kappa shape index (κ3) is 2.73. The van der Waals surface area contributed by atoms with Gasteiger partial charge in [-0.25, -0.2) is 0 Å². The average Bonchev–Trinajstić information content (AvgIpc) is 3.16. The van der Waals surface area contributed by atoms with E-state index in [1.807, 2.05) is 33.0 Å². The fraction of sp³-hybridized carbons (Fsp3) is 0.400. The summed E-state index contributed by atoms with van der Waals surface area (Å²) in [6, 6.07) is 5.99. The van der Waals surface area contributed by atoms with Crippen LogP contribution in [0.2, 0.25) is 0 Å². The maximum Gasteiger partial charge on any atom is 0.289 e. The van der Waals surface area contributed by atoms with Crippen molar-refractivity contribution in [2.75, 3.05) is 7.05 Å². The van der Waals surface area contributed by atoms with Crippen molar-refractivity contribution < 1.29 is 9.21 Å². The summed E-state index contributed by atoms with van der Waals surface area (Å²) in [4.78, 5) is 14.6. The van der Waals surface area contributed by atoms with Crippen LogP contribution in [0.3, 0.4) is 0 Å². The van der Waals surface area contributed by atoms with Crippen LogP contribution < -0.4 is 0 Å². The van der Waals surface area contributed by atoms with Crippen molar-refractivity contribution in [3.63, 3.8) is 0 Å². The van der Waals surface area contributed by atoms with Crippen molar-refractivity contribution in [2.45, 2.75) is 46.1 Å². The molecule has 0 unspecified atom stereocenters. The van der Waals surface area contributed by atoms with E-state index in [0.717, 1.165) is 40.6 Å². The molecule has 5 nitrogen and oxygen atoms in total. The van der Waals surface area contributed by atoms with Gasteiger partial charge in [-0.3, -0.25) is 9.89 Å². The number of carbonyl (C=O) groups is 1. The lowest BCUT2D eigenvalue weighted by molar-refractivity contribution is 0.0753. The number of aromatic amines is 1. The minimum atomic E-state index is -0.0982. The Hall–Kier alpha value is -2.56. The van der Waals surface area contributed by atoms with Crippen molar-refractivity contribution in [1.29, 1.82) is 0 Å². The molecule has 0 atom stereocenters. The molecular weight excluding hydrogens is 314 g/mol. The lowest BCUT2D eigenvalue weighted by atomic mass is 9.96. The van der Waals surface area contributed by atoms with Crippen LogP contribution >= 0.6 is 0 Å². The van der Waals surface area contributed by atoms with Gasteiger partial charge < -0.3 is 9.32 Å². The van der Waals surface area contributed by atoms with E-state index in [1.54, 1.807) is 4.90 Å². The molecule has 0 saturated heterocycles. The highest BCUT2D eigenvalue weighted by atomic mass is 16.3. The van der Waals surface area contributed by atoms with E-state index in [4.69, 9.17) is 4.42 Å². The number of hydrogen-bond donors (Lipinski definition) is 1. The highest BCUT2D eigenvalue weighted by molar-refractivity contribution is 5.98. The van der Waals surface area contributed by atoms with Gasteiger partial charge in [-0.05, 0) is 57.2 Å². The molecule has 0 saturated carbocycles. The predicted octanol–water partition coefficient (Wildman–Crippen LogP) is 3.92. The second-order valence-corrected chi connectivity index (χ2v) is 7.05. The molecule has 0 bridgehead atoms. The molecule has 3 aromatic rings. The van der Waals surface area contributed by atoms with Crippen molar-refractivity contribution in [2.24, 2.45) is 0 Å². The number of benzene rings is 1. The normalized spacial score (nSPS) is 13.9. The van der Waals surface area contributed by atoms with E-state index in [-0.39, 0.29) is 5.91 Å². The molecule has 0 spiro atoms. The summed E-state index contributed by atoms with van der Waals surface area (Å²) in [6.07, 6.45) is 4.51. The summed E-state index contributed by atoms with van der Waals surface area (Å²) in [6.45, 7) is 4.49. The zero-order valence-corrected chi connectivity index (χ0v) is 15.0. The Balaban J connectivity index is 1.60. The van der Waals surface area contributed by atoms with Crippen LogP contribution in [-0.4, -0.2) is 28.1 Å². The minimum Gasteiger partial charge on any atom is -0.451 e. The van der Waals surface area contributed by atoms with Crippen molar-refractivity contribution in [1.82, 2.24) is 15.1 Å². The van der Waals surface area contributed by atoms with Crippen LogP contribution in [0, 0.1) is 13.8 Å². The highest BCUT2D eigenvalue weighted by Gasteiger charge is 2.24. The molecule has 1 N–H and O–H groups in total. The monoisotopic (exact) mass is 337 g/mol. The fourth-order valence-corrected chi connectivity index (χ4v) is 3.69. The quantitative estimate of drug-likeness (QED) is 0.788. The van der Waals surface area contributed by atoms with E-state index < -0.39 is 0 Å². The Morgan fingerprint density at radius 1 is 1.28 bits per heavy atom. The molecule has 0 radical (unpaired) electrons. The Morgan fingerprint density at radius 3 is 2.92 bits per heavy atom. The third-order valence-electron chi connectivity index (χ3n) is 5.16. The first-order valence-corrected chi connectivity index (χ1v) is 8.85. The van der Waals surface area contributed by atoms with Gasteiger partial charge in [0.1, 0.15) is 5.58 Å². The zero-order chi connectivity index (χ0) is 17.6. The summed E-state index contributed by atoms with van der Waals surface area (Å²) >= 11 is 0. The first-order valence-electron chi connectivity index (χ1n) is 8.85. The predicted molar refractivity (Wildman–Crippen MR) is 96.7 cm³/mol. The van der Waals surface area contributed by atoms with Gasteiger partial charge in [0.2, 0.25) is 0 Å². The largest absolute Gasteiger partial charge is 0.451 e. The number of aryl methyl sites for hydroxylation is 3. The van der Waals surface area contributed by atoms with E-state index in [1.165, 1.54) is 24.1 Å². The van der Waals surface area contributed by atoms with Crippen LogP contribution in [0.4, 0.5) is 0 Å². The fourth-order valence-electron chi connectivity index (χ4n) is 3.69. The summed E-state index contributed by atoms with van der Waals surface area (Å²) in [5.74, 6) is 0.325. The number of furan rings is 1. The number of H-pyrrole nitrogens is 1. The molecule has 1 aliphatic rings. The number of fused-ring (bicyclic) bond motifs is 2. The molecule has 25 heavy (non-hydrogen) atoms. The number of hydrogen-bond acceptors (Lipinski definition) is 3. The van der Waals surface area contributed by atoms with E-state index >= 15 is 0 Å². The molecule has 1 aromatic carbocycles. The van der Waals surface area contributed by atoms with E-state index in [9.17, 15) is 4.79 Å². The number of carbonyl (C=O) groups excluding carboxylic acids is 1. The van der Waals surface area contributed by atoms with Gasteiger partial charge in [-0.15, -0.1) is 0 Å². The standard InChI is InChI=1S/C20H23N3O2/c1-12-8-9-18-15(10-12)13(2)19(25-18)20(24)23(3)11-17-14-6-4-5-7-16(14)21-22-17/h8-10H,4-7,11H2,1-3H3,(H,21,22). The van der Waals surface area contributed by atoms with E-state index in [2.05, 4.69) is 16.3 Å². The van der Waals surface area contributed by atoms with Gasteiger partial charge in [0.25, 0.3) is 5.91 Å². The maximum absolute atomic E-state index is 12.9. The Morgan fingerprint density at radius 2 is 2.08 bits per heavy atom. The molecule has 1 amide bonds. The summed E-state index contributed by atoms with van der Waals surface area (Å²) in [7, 11) is 1.81. The van der Waals surface area contributed by atoms with Crippen LogP contribution in [-0.2, 0) is 19.4 Å². The molecule has 2 aromatic heterocycles. The minimum absolute atomic E-state index is 0.0982. The van der Waals surface area contributed by atoms with Crippen molar-refractivity contribution in [3.05, 3.63) is 52.0 Å². The SMILES string of the molecule is Cc1ccc2oc(C(=O)N(C)Cc3n[nH]c4c3CCCC4)c(C)c2c1. The number of nitrogens with one attached hydrogen (secondary N) is 1. The topological polar surface area (TPSA) is 62.1 Å². The molecule has 5 heteroatoms. The van der Waals surface area contributed by atoms with Gasteiger partial charge in [-0.1, -0.05) is 11.6 Å². The second-order valence-electron chi connectivity index (χ2n) is 7.05. The third-order valence-corrected chi connectivity index (χ3v) is 5.16. The summed E-state index contributed by atoms with van der Waals surface area (Å²) in [5, 5.41) is 8.59. The molecular formula is C20H23N3O2. The molecule has 130 valence electrons. The maximum atomic E-state index is 12.9. The Kier molecular flexibility index (Phi) is 3.86. The number of amides is 1. The van der Waals surface area contributed by atoms with Crippen LogP contribution in [0.25, 0.3) is 11.0 Å². The second kappa shape index (κ2) is 6.06. The smallest absolute Gasteiger partial charge is 0.289 e. The first kappa shape index (κ1) is 15.9. The molecule has 1 aliphatic carbocycles. The zero-order valence-electron chi connectivity index (χ0n) is 15.0. The average molecular weight is 337 g/mol. The van der Waals surface area contributed by atoms with Crippen LogP contribution in [0.5, 0.6) is 0 Å². The molecule has 0 aliphatic heterocycles. The lowest BCUT2D eigenvalue weighted by Crippen LogP contribution is -2.27.